The molecular formula is C25H20N2O5. The number of rotatable bonds is 5. The molecule has 0 atom stereocenters. The molecule has 2 heterocycles. The van der Waals surface area contributed by atoms with E-state index in [0.29, 0.717) is 47.4 Å². The number of amides is 2. The zero-order valence-electron chi connectivity index (χ0n) is 17.3. The van der Waals surface area contributed by atoms with Gasteiger partial charge < -0.3 is 19.5 Å². The van der Waals surface area contributed by atoms with Crippen molar-refractivity contribution in [1.82, 2.24) is 0 Å². The summed E-state index contributed by atoms with van der Waals surface area (Å²) in [5.74, 6) is 0.770. The Balaban J connectivity index is 1.59. The fourth-order valence-electron chi connectivity index (χ4n) is 3.82. The van der Waals surface area contributed by atoms with Crippen LogP contribution in [0.5, 0.6) is 17.2 Å². The predicted molar refractivity (Wildman–Crippen MR) is 120 cm³/mol. The molecule has 0 aliphatic carbocycles. The van der Waals surface area contributed by atoms with Gasteiger partial charge in [-0.1, -0.05) is 42.5 Å². The van der Waals surface area contributed by atoms with Gasteiger partial charge in [0.1, 0.15) is 24.7 Å². The Bertz CT molecular complexity index is 1240. The van der Waals surface area contributed by atoms with E-state index in [1.165, 1.54) is 7.11 Å². The number of benzene rings is 3. The lowest BCUT2D eigenvalue weighted by atomic mass is 10.0. The third kappa shape index (κ3) is 3.33. The molecule has 0 radical (unpaired) electrons. The first-order valence-electron chi connectivity index (χ1n) is 10.2. The molecule has 0 fully saturated rings. The van der Waals surface area contributed by atoms with Gasteiger partial charge in [-0.15, -0.1) is 0 Å². The third-order valence-electron chi connectivity index (χ3n) is 5.28. The summed E-state index contributed by atoms with van der Waals surface area (Å²) >= 11 is 0. The van der Waals surface area contributed by atoms with Gasteiger partial charge in [-0.25, -0.2) is 4.90 Å². The number of nitrogens with one attached hydrogen (secondary N) is 1. The summed E-state index contributed by atoms with van der Waals surface area (Å²) in [6, 6.07) is 21.4. The fourth-order valence-corrected chi connectivity index (χ4v) is 3.82. The van der Waals surface area contributed by atoms with Crippen molar-refractivity contribution in [2.45, 2.75) is 0 Å². The summed E-state index contributed by atoms with van der Waals surface area (Å²) in [5.41, 5.74) is 2.11. The molecule has 0 aromatic heterocycles. The number of nitrogens with zero attached hydrogens (tertiary/aromatic N) is 1. The predicted octanol–water partition coefficient (Wildman–Crippen LogP) is 3.86. The molecular weight excluding hydrogens is 408 g/mol. The minimum atomic E-state index is -0.465. The van der Waals surface area contributed by atoms with E-state index in [0.717, 1.165) is 4.90 Å². The largest absolute Gasteiger partial charge is 0.495 e. The Hall–Kier alpha value is -4.26. The average Bonchev–Trinajstić information content (AvgIpc) is 3.08. The Morgan fingerprint density at radius 3 is 2.34 bits per heavy atom. The van der Waals surface area contributed by atoms with E-state index in [4.69, 9.17) is 14.2 Å². The highest BCUT2D eigenvalue weighted by atomic mass is 16.6. The van der Waals surface area contributed by atoms with Crippen molar-refractivity contribution in [2.75, 3.05) is 30.5 Å². The minimum absolute atomic E-state index is 0.184. The van der Waals surface area contributed by atoms with Gasteiger partial charge in [0.25, 0.3) is 11.8 Å². The monoisotopic (exact) mass is 428 g/mol. The van der Waals surface area contributed by atoms with Crippen molar-refractivity contribution in [1.29, 1.82) is 0 Å². The van der Waals surface area contributed by atoms with Crippen LogP contribution in [-0.2, 0) is 9.59 Å². The molecule has 3 aromatic rings. The summed E-state index contributed by atoms with van der Waals surface area (Å²) in [6.45, 7) is 0.942. The van der Waals surface area contributed by atoms with Crippen LogP contribution in [-0.4, -0.2) is 32.1 Å². The van der Waals surface area contributed by atoms with E-state index in [1.54, 1.807) is 54.6 Å². The first kappa shape index (κ1) is 19.7. The molecule has 5 rings (SSSR count). The molecule has 2 aliphatic heterocycles. The number of hydrogen-bond donors (Lipinski definition) is 1. The number of carbonyl (C=O) groups excluding carboxylic acids is 2. The van der Waals surface area contributed by atoms with E-state index in [2.05, 4.69) is 5.32 Å². The number of carbonyl (C=O) groups is 2. The van der Waals surface area contributed by atoms with Gasteiger partial charge in [0.15, 0.2) is 11.5 Å². The minimum Gasteiger partial charge on any atom is -0.495 e. The van der Waals surface area contributed by atoms with Gasteiger partial charge in [-0.3, -0.25) is 9.59 Å². The van der Waals surface area contributed by atoms with Gasteiger partial charge in [0, 0.05) is 11.8 Å². The number of methoxy groups -OCH3 is 1. The highest BCUT2D eigenvalue weighted by molar-refractivity contribution is 6.46. The van der Waals surface area contributed by atoms with Crippen molar-refractivity contribution < 1.29 is 23.8 Å². The van der Waals surface area contributed by atoms with Crippen LogP contribution in [0.15, 0.2) is 78.5 Å². The molecule has 3 aromatic carbocycles. The van der Waals surface area contributed by atoms with Gasteiger partial charge in [-0.2, -0.15) is 0 Å². The molecule has 0 saturated heterocycles. The number of fused-ring (bicyclic) bond motifs is 1. The van der Waals surface area contributed by atoms with Gasteiger partial charge in [0.2, 0.25) is 0 Å². The van der Waals surface area contributed by atoms with Gasteiger partial charge in [0.05, 0.1) is 18.4 Å². The third-order valence-corrected chi connectivity index (χ3v) is 5.28. The van der Waals surface area contributed by atoms with Crippen LogP contribution in [0.3, 0.4) is 0 Å². The number of imide groups is 1. The number of anilines is 2. The Morgan fingerprint density at radius 2 is 1.56 bits per heavy atom. The molecule has 32 heavy (non-hydrogen) atoms. The first-order chi connectivity index (χ1) is 15.7. The SMILES string of the molecule is COc1ccccc1N1C(=O)C(Nc2ccc3c(c2)OCCO3)=C(c2ccccc2)C1=O. The molecule has 2 aliphatic rings. The van der Waals surface area contributed by atoms with E-state index in [1.807, 2.05) is 18.2 Å². The number of ether oxygens (including phenoxy) is 3. The maximum absolute atomic E-state index is 13.5. The molecule has 7 heteroatoms. The highest BCUT2D eigenvalue weighted by Crippen LogP contribution is 2.39. The second kappa shape index (κ2) is 8.11. The number of para-hydroxylation sites is 2. The second-order valence-electron chi connectivity index (χ2n) is 7.22. The van der Waals surface area contributed by atoms with Crippen LogP contribution in [0.4, 0.5) is 11.4 Å². The zero-order chi connectivity index (χ0) is 22.1. The topological polar surface area (TPSA) is 77.1 Å². The van der Waals surface area contributed by atoms with Crippen molar-refractivity contribution in [3.8, 4) is 17.2 Å². The lowest BCUT2D eigenvalue weighted by molar-refractivity contribution is -0.120. The molecule has 2 amide bonds. The first-order valence-corrected chi connectivity index (χ1v) is 10.2. The maximum atomic E-state index is 13.5. The molecule has 0 unspecified atom stereocenters. The molecule has 160 valence electrons. The smallest absolute Gasteiger partial charge is 0.282 e. The Morgan fingerprint density at radius 1 is 0.844 bits per heavy atom. The summed E-state index contributed by atoms with van der Waals surface area (Å²) in [5, 5.41) is 3.15. The molecule has 0 bridgehead atoms. The van der Waals surface area contributed by atoms with Crippen LogP contribution in [0, 0.1) is 0 Å². The zero-order valence-corrected chi connectivity index (χ0v) is 17.3. The quantitative estimate of drug-likeness (QED) is 0.622. The normalized spacial score (nSPS) is 15.2. The van der Waals surface area contributed by atoms with E-state index in [-0.39, 0.29) is 11.3 Å². The molecule has 1 N–H and O–H groups in total. The summed E-state index contributed by atoms with van der Waals surface area (Å²) < 4.78 is 16.6. The van der Waals surface area contributed by atoms with Crippen molar-refractivity contribution in [2.24, 2.45) is 0 Å². The maximum Gasteiger partial charge on any atom is 0.282 e. The van der Waals surface area contributed by atoms with E-state index >= 15 is 0 Å². The summed E-state index contributed by atoms with van der Waals surface area (Å²) in [4.78, 5) is 28.2. The fraction of sp³-hybridized carbons (Fsp3) is 0.120. The standard InChI is InChI=1S/C25H20N2O5/c1-30-19-10-6-5-9-18(19)27-24(28)22(16-7-3-2-4-8-16)23(25(27)29)26-17-11-12-20-21(15-17)32-14-13-31-20/h2-12,15,26H,13-14H2,1H3. The van der Waals surface area contributed by atoms with Gasteiger partial charge in [-0.05, 0) is 29.8 Å². The highest BCUT2D eigenvalue weighted by Gasteiger charge is 2.41. The Labute approximate surface area is 184 Å². The average molecular weight is 428 g/mol. The van der Waals surface area contributed by atoms with Crippen LogP contribution >= 0.6 is 0 Å². The van der Waals surface area contributed by atoms with Crippen LogP contribution < -0.4 is 24.4 Å². The van der Waals surface area contributed by atoms with Crippen molar-refractivity contribution in [3.05, 3.63) is 84.1 Å². The summed E-state index contributed by atoms with van der Waals surface area (Å²) in [6.07, 6.45) is 0. The van der Waals surface area contributed by atoms with Crippen LogP contribution in [0.1, 0.15) is 5.56 Å². The van der Waals surface area contributed by atoms with E-state index in [9.17, 15) is 9.59 Å². The summed E-state index contributed by atoms with van der Waals surface area (Å²) in [7, 11) is 1.50. The molecule has 0 spiro atoms. The lowest BCUT2D eigenvalue weighted by Crippen LogP contribution is -2.32. The number of hydrogen-bond acceptors (Lipinski definition) is 6. The molecule has 7 nitrogen and oxygen atoms in total. The Kier molecular flexibility index (Phi) is 4.99. The van der Waals surface area contributed by atoms with Gasteiger partial charge >= 0.3 is 0 Å². The van der Waals surface area contributed by atoms with E-state index < -0.39 is 11.8 Å². The van der Waals surface area contributed by atoms with Crippen molar-refractivity contribution in [3.63, 3.8) is 0 Å². The van der Waals surface area contributed by atoms with Crippen molar-refractivity contribution >= 4 is 28.8 Å². The van der Waals surface area contributed by atoms with Crippen LogP contribution in [0.25, 0.3) is 5.57 Å². The van der Waals surface area contributed by atoms with Crippen LogP contribution in [0.2, 0.25) is 0 Å². The molecule has 0 saturated carbocycles. The lowest BCUT2D eigenvalue weighted by Gasteiger charge is -2.20. The second-order valence-corrected chi connectivity index (χ2v) is 7.22.